The van der Waals surface area contributed by atoms with E-state index in [-0.39, 0.29) is 11.3 Å². The SMILES string of the molecule is CCCOc1cccc(N2C(=O)C(O)=C(C(=O)c3ccco3)C2c2ccco2)c1. The first-order valence-electron chi connectivity index (χ1n) is 9.23. The van der Waals surface area contributed by atoms with Crippen LogP contribution in [0.3, 0.4) is 0 Å². The zero-order chi connectivity index (χ0) is 20.4. The number of amides is 1. The second-order valence-electron chi connectivity index (χ2n) is 6.51. The van der Waals surface area contributed by atoms with E-state index in [2.05, 4.69) is 0 Å². The first-order chi connectivity index (χ1) is 14.1. The fourth-order valence-corrected chi connectivity index (χ4v) is 3.30. The molecule has 0 fully saturated rings. The molecular formula is C22H19NO6. The van der Waals surface area contributed by atoms with Crippen molar-refractivity contribution in [1.29, 1.82) is 0 Å². The molecule has 29 heavy (non-hydrogen) atoms. The van der Waals surface area contributed by atoms with Crippen molar-refractivity contribution >= 4 is 17.4 Å². The number of ether oxygens (including phenoxy) is 1. The minimum atomic E-state index is -0.934. The average molecular weight is 393 g/mol. The molecule has 1 atom stereocenters. The summed E-state index contributed by atoms with van der Waals surface area (Å²) in [6.07, 6.45) is 3.64. The van der Waals surface area contributed by atoms with Gasteiger partial charge in [-0.1, -0.05) is 13.0 Å². The van der Waals surface area contributed by atoms with Gasteiger partial charge >= 0.3 is 0 Å². The van der Waals surface area contributed by atoms with Crippen LogP contribution in [0.2, 0.25) is 0 Å². The molecule has 0 spiro atoms. The van der Waals surface area contributed by atoms with E-state index >= 15 is 0 Å². The Morgan fingerprint density at radius 2 is 1.93 bits per heavy atom. The molecule has 4 rings (SSSR count). The molecule has 0 radical (unpaired) electrons. The number of benzene rings is 1. The van der Waals surface area contributed by atoms with Gasteiger partial charge in [0, 0.05) is 11.8 Å². The number of aliphatic hydroxyl groups is 1. The maximum atomic E-state index is 13.0. The van der Waals surface area contributed by atoms with E-state index in [1.807, 2.05) is 6.92 Å². The van der Waals surface area contributed by atoms with Crippen LogP contribution in [0, 0.1) is 0 Å². The quantitative estimate of drug-likeness (QED) is 0.597. The summed E-state index contributed by atoms with van der Waals surface area (Å²) in [7, 11) is 0. The van der Waals surface area contributed by atoms with E-state index in [1.165, 1.54) is 23.5 Å². The van der Waals surface area contributed by atoms with Crippen molar-refractivity contribution in [2.75, 3.05) is 11.5 Å². The minimum Gasteiger partial charge on any atom is -0.503 e. The average Bonchev–Trinajstić information content (AvgIpc) is 3.48. The van der Waals surface area contributed by atoms with Gasteiger partial charge in [-0.15, -0.1) is 0 Å². The molecule has 7 heteroatoms. The number of carbonyl (C=O) groups is 2. The molecule has 0 saturated carbocycles. The summed E-state index contributed by atoms with van der Waals surface area (Å²) in [4.78, 5) is 27.3. The second-order valence-corrected chi connectivity index (χ2v) is 6.51. The third-order valence-electron chi connectivity index (χ3n) is 4.58. The summed E-state index contributed by atoms with van der Waals surface area (Å²) in [5, 5.41) is 10.6. The van der Waals surface area contributed by atoms with Crippen LogP contribution in [0.4, 0.5) is 5.69 Å². The number of furan rings is 2. The van der Waals surface area contributed by atoms with E-state index in [4.69, 9.17) is 13.6 Å². The Balaban J connectivity index is 1.79. The zero-order valence-electron chi connectivity index (χ0n) is 15.7. The Hall–Kier alpha value is -3.74. The topological polar surface area (TPSA) is 93.1 Å². The Bertz CT molecular complexity index is 1050. The van der Waals surface area contributed by atoms with Gasteiger partial charge in [-0.2, -0.15) is 0 Å². The van der Waals surface area contributed by atoms with Gasteiger partial charge in [0.25, 0.3) is 5.91 Å². The van der Waals surface area contributed by atoms with Crippen molar-refractivity contribution in [2.45, 2.75) is 19.4 Å². The normalized spacial score (nSPS) is 16.5. The van der Waals surface area contributed by atoms with Crippen LogP contribution in [-0.2, 0) is 4.79 Å². The lowest BCUT2D eigenvalue weighted by Gasteiger charge is -2.25. The Kier molecular flexibility index (Phi) is 4.95. The summed E-state index contributed by atoms with van der Waals surface area (Å²) in [6, 6.07) is 12.3. The van der Waals surface area contributed by atoms with Gasteiger partial charge in [-0.3, -0.25) is 14.5 Å². The lowest BCUT2D eigenvalue weighted by Crippen LogP contribution is -2.30. The van der Waals surface area contributed by atoms with E-state index in [1.54, 1.807) is 42.5 Å². The largest absolute Gasteiger partial charge is 0.503 e. The maximum absolute atomic E-state index is 13.0. The monoisotopic (exact) mass is 393 g/mol. The molecule has 0 saturated heterocycles. The molecule has 1 amide bonds. The fraction of sp³-hybridized carbons (Fsp3) is 0.182. The molecule has 1 aliphatic rings. The van der Waals surface area contributed by atoms with E-state index in [0.29, 0.717) is 23.8 Å². The standard InChI is InChI=1S/C22H19NO6/c1-2-10-27-15-7-3-6-14(13-15)23-19(16-8-4-11-28-16)18(21(25)22(23)26)20(24)17-9-5-12-29-17/h3-9,11-13,19,25H,2,10H2,1H3. The van der Waals surface area contributed by atoms with Crippen molar-refractivity contribution in [3.63, 3.8) is 0 Å². The summed E-state index contributed by atoms with van der Waals surface area (Å²) >= 11 is 0. The number of rotatable bonds is 7. The second kappa shape index (κ2) is 7.71. The molecule has 3 aromatic rings. The van der Waals surface area contributed by atoms with Crippen LogP contribution < -0.4 is 9.64 Å². The molecule has 148 valence electrons. The Labute approximate surface area is 166 Å². The molecule has 3 heterocycles. The molecule has 1 unspecified atom stereocenters. The maximum Gasteiger partial charge on any atom is 0.294 e. The third kappa shape index (κ3) is 3.31. The lowest BCUT2D eigenvalue weighted by atomic mass is 9.99. The van der Waals surface area contributed by atoms with Crippen molar-refractivity contribution in [3.8, 4) is 5.75 Å². The Morgan fingerprint density at radius 3 is 2.62 bits per heavy atom. The zero-order valence-corrected chi connectivity index (χ0v) is 15.7. The third-order valence-corrected chi connectivity index (χ3v) is 4.58. The highest BCUT2D eigenvalue weighted by molar-refractivity contribution is 6.20. The minimum absolute atomic E-state index is 0.0257. The number of Topliss-reactive ketones (excluding diaryl/α,β-unsaturated/α-hetero) is 1. The van der Waals surface area contributed by atoms with E-state index in [0.717, 1.165) is 6.42 Å². The van der Waals surface area contributed by atoms with Crippen LogP contribution >= 0.6 is 0 Å². The van der Waals surface area contributed by atoms with Gasteiger partial charge in [-0.25, -0.2) is 0 Å². The molecule has 7 nitrogen and oxygen atoms in total. The van der Waals surface area contributed by atoms with Crippen molar-refractivity contribution in [3.05, 3.63) is 83.9 Å². The number of aliphatic hydroxyl groups excluding tert-OH is 1. The first-order valence-corrected chi connectivity index (χ1v) is 9.23. The van der Waals surface area contributed by atoms with Crippen molar-refractivity contribution < 1.29 is 28.3 Å². The molecule has 0 aliphatic carbocycles. The molecule has 0 bridgehead atoms. The number of ketones is 1. The number of hydrogen-bond acceptors (Lipinski definition) is 6. The smallest absolute Gasteiger partial charge is 0.294 e. The molecular weight excluding hydrogens is 374 g/mol. The van der Waals surface area contributed by atoms with Crippen LogP contribution in [-0.4, -0.2) is 23.4 Å². The molecule has 1 aromatic carbocycles. The molecule has 2 aromatic heterocycles. The van der Waals surface area contributed by atoms with Crippen LogP contribution in [0.5, 0.6) is 5.75 Å². The van der Waals surface area contributed by atoms with Crippen LogP contribution in [0.25, 0.3) is 0 Å². The van der Waals surface area contributed by atoms with Crippen molar-refractivity contribution in [2.24, 2.45) is 0 Å². The Morgan fingerprint density at radius 1 is 1.14 bits per heavy atom. The van der Waals surface area contributed by atoms with Crippen LogP contribution in [0.1, 0.15) is 35.7 Å². The lowest BCUT2D eigenvalue weighted by molar-refractivity contribution is -0.117. The molecule has 1 aliphatic heterocycles. The van der Waals surface area contributed by atoms with E-state index < -0.39 is 23.5 Å². The van der Waals surface area contributed by atoms with Gasteiger partial charge < -0.3 is 18.7 Å². The van der Waals surface area contributed by atoms with Gasteiger partial charge in [0.05, 0.1) is 24.7 Å². The van der Waals surface area contributed by atoms with Gasteiger partial charge in [-0.05, 0) is 42.8 Å². The number of carbonyl (C=O) groups excluding carboxylic acids is 2. The highest BCUT2D eigenvalue weighted by Crippen LogP contribution is 2.42. The highest BCUT2D eigenvalue weighted by Gasteiger charge is 2.46. The predicted octanol–water partition coefficient (Wildman–Crippen LogP) is 4.44. The number of nitrogens with zero attached hydrogens (tertiary/aromatic N) is 1. The van der Waals surface area contributed by atoms with Crippen molar-refractivity contribution in [1.82, 2.24) is 0 Å². The fourth-order valence-electron chi connectivity index (χ4n) is 3.30. The van der Waals surface area contributed by atoms with Gasteiger partial charge in [0.2, 0.25) is 5.78 Å². The predicted molar refractivity (Wildman–Crippen MR) is 104 cm³/mol. The van der Waals surface area contributed by atoms with E-state index in [9.17, 15) is 14.7 Å². The summed E-state index contributed by atoms with van der Waals surface area (Å²) < 4.78 is 16.3. The summed E-state index contributed by atoms with van der Waals surface area (Å²) in [5.74, 6) is -0.958. The summed E-state index contributed by atoms with van der Waals surface area (Å²) in [6.45, 7) is 2.53. The summed E-state index contributed by atoms with van der Waals surface area (Å²) in [5.41, 5.74) is 0.374. The number of anilines is 1. The number of hydrogen-bond donors (Lipinski definition) is 1. The van der Waals surface area contributed by atoms with Gasteiger partial charge in [0.1, 0.15) is 17.6 Å². The highest BCUT2D eigenvalue weighted by atomic mass is 16.5. The van der Waals surface area contributed by atoms with Crippen LogP contribution in [0.15, 0.2) is 81.2 Å². The first kappa shape index (κ1) is 18.6. The van der Waals surface area contributed by atoms with Gasteiger partial charge in [0.15, 0.2) is 11.5 Å². The molecule has 1 N–H and O–H groups in total.